The molecule has 196 valence electrons. The van der Waals surface area contributed by atoms with Crippen molar-refractivity contribution in [1.29, 1.82) is 0 Å². The van der Waals surface area contributed by atoms with Gasteiger partial charge in [0, 0.05) is 5.41 Å². The molecule has 0 aliphatic heterocycles. The van der Waals surface area contributed by atoms with Gasteiger partial charge in [-0.1, -0.05) is 82.3 Å². The molecular formula is C33H39FO3. The maximum absolute atomic E-state index is 14.2. The van der Waals surface area contributed by atoms with Crippen LogP contribution in [0.5, 0.6) is 0 Å². The molecule has 0 aromatic heterocycles. The molecule has 0 saturated heterocycles. The van der Waals surface area contributed by atoms with E-state index in [0.717, 1.165) is 29.5 Å². The Morgan fingerprint density at radius 1 is 0.838 bits per heavy atom. The van der Waals surface area contributed by atoms with Gasteiger partial charge in [-0.15, -0.1) is 0 Å². The largest absolute Gasteiger partial charge is 0.463 e. The summed E-state index contributed by atoms with van der Waals surface area (Å²) in [6, 6.07) is 19.7. The van der Waals surface area contributed by atoms with Crippen molar-refractivity contribution in [3.63, 3.8) is 0 Å². The monoisotopic (exact) mass is 502 g/mol. The number of ether oxygens (including phenoxy) is 1. The van der Waals surface area contributed by atoms with Crippen LogP contribution < -0.4 is 0 Å². The number of aryl methyl sites for hydroxylation is 1. The summed E-state index contributed by atoms with van der Waals surface area (Å²) in [5.41, 5.74) is 6.13. The van der Waals surface area contributed by atoms with Gasteiger partial charge in [-0.05, 0) is 89.8 Å². The Kier molecular flexibility index (Phi) is 9.45. The van der Waals surface area contributed by atoms with E-state index in [1.54, 1.807) is 0 Å². The third-order valence-corrected chi connectivity index (χ3v) is 7.87. The lowest BCUT2D eigenvalue weighted by molar-refractivity contribution is -0.129. The highest BCUT2D eigenvalue weighted by molar-refractivity contribution is 5.65. The minimum absolute atomic E-state index is 0.0435. The molecule has 0 radical (unpaired) electrons. The molecule has 0 aliphatic rings. The third kappa shape index (κ3) is 6.37. The van der Waals surface area contributed by atoms with Gasteiger partial charge >= 0.3 is 0 Å². The molecule has 0 atom stereocenters. The van der Waals surface area contributed by atoms with Crippen molar-refractivity contribution in [3.8, 4) is 11.1 Å². The molecule has 0 heterocycles. The SMILES string of the molecule is CCC(O)(C=Cc1ccc(C(CC)(CC)c2ccc(-c3cc(F)cc(COC=O)c3)cc2)cc1C)CC. The lowest BCUT2D eigenvalue weighted by atomic mass is 9.70. The van der Waals surface area contributed by atoms with E-state index in [0.29, 0.717) is 24.9 Å². The molecule has 0 fully saturated rings. The van der Waals surface area contributed by atoms with Crippen LogP contribution in [0, 0.1) is 12.7 Å². The molecule has 0 aliphatic carbocycles. The second-order valence-corrected chi connectivity index (χ2v) is 9.84. The van der Waals surface area contributed by atoms with E-state index >= 15 is 0 Å². The fourth-order valence-corrected chi connectivity index (χ4v) is 5.14. The standard InChI is InChI=1S/C33H39FO3/c1-6-32(36,7-2)17-16-26-10-15-30(18-24(26)5)33(8-3,9-4)29-13-11-27(12-14-29)28-19-25(22-37-23-35)20-31(34)21-28/h10-21,23,36H,6-9,22H2,1-5H3. The average Bonchev–Trinajstić information content (AvgIpc) is 2.92. The second kappa shape index (κ2) is 12.3. The molecule has 1 N–H and O–H groups in total. The lowest BCUT2D eigenvalue weighted by Crippen LogP contribution is -2.26. The van der Waals surface area contributed by atoms with Crippen molar-refractivity contribution in [2.75, 3.05) is 0 Å². The summed E-state index contributed by atoms with van der Waals surface area (Å²) in [5, 5.41) is 10.6. The van der Waals surface area contributed by atoms with Crippen LogP contribution in [0.3, 0.4) is 0 Å². The molecule has 0 spiro atoms. The lowest BCUT2D eigenvalue weighted by Gasteiger charge is -2.34. The van der Waals surface area contributed by atoms with Gasteiger partial charge < -0.3 is 9.84 Å². The molecule has 3 aromatic rings. The maximum atomic E-state index is 14.2. The van der Waals surface area contributed by atoms with E-state index in [-0.39, 0.29) is 17.8 Å². The van der Waals surface area contributed by atoms with Crippen molar-refractivity contribution in [1.82, 2.24) is 0 Å². The van der Waals surface area contributed by atoms with E-state index in [1.807, 2.05) is 44.2 Å². The quantitative estimate of drug-likeness (QED) is 0.254. The minimum Gasteiger partial charge on any atom is -0.463 e. The summed E-state index contributed by atoms with van der Waals surface area (Å²) in [6.07, 6.45) is 7.21. The zero-order chi connectivity index (χ0) is 27.1. The fraction of sp³-hybridized carbons (Fsp3) is 0.364. The fourth-order valence-electron chi connectivity index (χ4n) is 5.14. The first-order chi connectivity index (χ1) is 17.7. The molecule has 0 bridgehead atoms. The number of benzene rings is 3. The van der Waals surface area contributed by atoms with Crippen molar-refractivity contribution in [3.05, 3.63) is 100 Å². The van der Waals surface area contributed by atoms with E-state index in [1.165, 1.54) is 28.8 Å². The number of halogens is 1. The van der Waals surface area contributed by atoms with Crippen LogP contribution >= 0.6 is 0 Å². The first-order valence-electron chi connectivity index (χ1n) is 13.2. The first-order valence-corrected chi connectivity index (χ1v) is 13.2. The summed E-state index contributed by atoms with van der Waals surface area (Å²) >= 11 is 0. The van der Waals surface area contributed by atoms with Crippen LogP contribution in [-0.4, -0.2) is 17.2 Å². The molecule has 3 aromatic carbocycles. The van der Waals surface area contributed by atoms with Crippen molar-refractivity contribution < 1.29 is 19.0 Å². The topological polar surface area (TPSA) is 46.5 Å². The zero-order valence-corrected chi connectivity index (χ0v) is 22.7. The molecule has 4 heteroatoms. The summed E-state index contributed by atoms with van der Waals surface area (Å²) in [4.78, 5) is 10.5. The third-order valence-electron chi connectivity index (χ3n) is 7.87. The predicted octanol–water partition coefficient (Wildman–Crippen LogP) is 8.14. The summed E-state index contributed by atoms with van der Waals surface area (Å²) in [7, 11) is 0. The number of hydrogen-bond donors (Lipinski definition) is 1. The molecule has 0 unspecified atom stereocenters. The Hall–Kier alpha value is -3.24. The van der Waals surface area contributed by atoms with Gasteiger partial charge in [-0.25, -0.2) is 4.39 Å². The Morgan fingerprint density at radius 3 is 2.05 bits per heavy atom. The van der Waals surface area contributed by atoms with E-state index < -0.39 is 5.60 Å². The van der Waals surface area contributed by atoms with Gasteiger partial charge in [0.1, 0.15) is 12.4 Å². The molecule has 3 rings (SSSR count). The average molecular weight is 503 g/mol. The van der Waals surface area contributed by atoms with E-state index in [9.17, 15) is 14.3 Å². The number of carbonyl (C=O) groups is 1. The summed E-state index contributed by atoms with van der Waals surface area (Å²) in [6.45, 7) is 11.0. The van der Waals surface area contributed by atoms with Crippen LogP contribution in [0.25, 0.3) is 17.2 Å². The number of aliphatic hydroxyl groups is 1. The summed E-state index contributed by atoms with van der Waals surface area (Å²) in [5.74, 6) is -0.358. The van der Waals surface area contributed by atoms with Gasteiger partial charge in [0.2, 0.25) is 0 Å². The van der Waals surface area contributed by atoms with Gasteiger partial charge in [0.05, 0.1) is 5.60 Å². The molecular weight excluding hydrogens is 463 g/mol. The highest BCUT2D eigenvalue weighted by Crippen LogP contribution is 2.40. The predicted molar refractivity (Wildman–Crippen MR) is 150 cm³/mol. The zero-order valence-electron chi connectivity index (χ0n) is 22.7. The van der Waals surface area contributed by atoms with Crippen molar-refractivity contribution in [2.24, 2.45) is 0 Å². The van der Waals surface area contributed by atoms with Crippen molar-refractivity contribution >= 4 is 12.5 Å². The molecule has 37 heavy (non-hydrogen) atoms. The van der Waals surface area contributed by atoms with Crippen LogP contribution in [0.2, 0.25) is 0 Å². The van der Waals surface area contributed by atoms with Crippen LogP contribution in [-0.2, 0) is 21.6 Å². The highest BCUT2D eigenvalue weighted by Gasteiger charge is 2.31. The Balaban J connectivity index is 1.95. The highest BCUT2D eigenvalue weighted by atomic mass is 19.1. The van der Waals surface area contributed by atoms with Crippen LogP contribution in [0.1, 0.15) is 81.2 Å². The molecule has 0 amide bonds. The van der Waals surface area contributed by atoms with Gasteiger partial charge in [-0.3, -0.25) is 4.79 Å². The minimum atomic E-state index is -0.770. The van der Waals surface area contributed by atoms with E-state index in [4.69, 9.17) is 4.74 Å². The summed E-state index contributed by atoms with van der Waals surface area (Å²) < 4.78 is 19.0. The smallest absolute Gasteiger partial charge is 0.293 e. The van der Waals surface area contributed by atoms with Crippen molar-refractivity contribution in [2.45, 2.75) is 77.9 Å². The van der Waals surface area contributed by atoms with Gasteiger partial charge in [0.15, 0.2) is 0 Å². The Morgan fingerprint density at radius 2 is 1.49 bits per heavy atom. The second-order valence-electron chi connectivity index (χ2n) is 9.84. The normalized spacial score (nSPS) is 12.2. The molecule has 0 saturated carbocycles. The first kappa shape index (κ1) is 28.3. The van der Waals surface area contributed by atoms with Gasteiger partial charge in [-0.2, -0.15) is 0 Å². The van der Waals surface area contributed by atoms with Crippen LogP contribution in [0.15, 0.2) is 66.7 Å². The Labute approximate surface area is 221 Å². The molecule has 3 nitrogen and oxygen atoms in total. The van der Waals surface area contributed by atoms with E-state index in [2.05, 4.69) is 51.1 Å². The number of hydrogen-bond acceptors (Lipinski definition) is 3. The van der Waals surface area contributed by atoms with Gasteiger partial charge in [0.25, 0.3) is 6.47 Å². The number of carbonyl (C=O) groups excluding carboxylic acids is 1. The number of rotatable bonds is 12. The maximum Gasteiger partial charge on any atom is 0.293 e. The van der Waals surface area contributed by atoms with Crippen LogP contribution in [0.4, 0.5) is 4.39 Å². The Bertz CT molecular complexity index is 1220.